The number of thioether (sulfide) groups is 1. The third-order valence-corrected chi connectivity index (χ3v) is 7.64. The van der Waals surface area contributed by atoms with Gasteiger partial charge < -0.3 is 9.30 Å². The first-order valence-corrected chi connectivity index (χ1v) is 13.2. The number of hydrogen-bond donors (Lipinski definition) is 0. The highest BCUT2D eigenvalue weighted by Gasteiger charge is 2.22. The first kappa shape index (κ1) is 21.9. The molecule has 0 N–H and O–H groups in total. The number of nitrogens with zero attached hydrogens (tertiary/aromatic N) is 3. The fourth-order valence-corrected chi connectivity index (χ4v) is 5.32. The predicted molar refractivity (Wildman–Crippen MR) is 151 cm³/mol. The average Bonchev–Trinajstić information content (AvgIpc) is 3.67. The number of ether oxygens (including phenoxy) is 1. The highest BCUT2D eigenvalue weighted by Crippen LogP contribution is 2.34. The van der Waals surface area contributed by atoms with Crippen molar-refractivity contribution in [2.75, 3.05) is 12.4 Å². The molecule has 1 unspecified atom stereocenters. The molecular weight excluding hydrogens is 450 g/mol. The molecule has 5 aromatic rings. The minimum absolute atomic E-state index is 0.728. The summed E-state index contributed by atoms with van der Waals surface area (Å²) in [6.45, 7) is 3.86. The topological polar surface area (TPSA) is 38.9 Å². The van der Waals surface area contributed by atoms with Gasteiger partial charge in [0.25, 0.3) is 0 Å². The van der Waals surface area contributed by atoms with Gasteiger partial charge in [-0.05, 0) is 53.9 Å². The molecule has 0 amide bonds. The van der Waals surface area contributed by atoms with Crippen LogP contribution in [0.15, 0.2) is 89.1 Å². The molecule has 4 nitrogen and oxygen atoms in total. The molecule has 0 radical (unpaired) electrons. The summed E-state index contributed by atoms with van der Waals surface area (Å²) in [7, 11) is 0. The molecule has 1 aromatic heterocycles. The van der Waals surface area contributed by atoms with Crippen LogP contribution >= 0.6 is 11.8 Å². The Morgan fingerprint density at radius 3 is 2.51 bits per heavy atom. The summed E-state index contributed by atoms with van der Waals surface area (Å²) in [5.41, 5.74) is 4.52. The van der Waals surface area contributed by atoms with Crippen LogP contribution in [-0.4, -0.2) is 34.6 Å². The van der Waals surface area contributed by atoms with E-state index in [4.69, 9.17) is 4.74 Å². The Kier molecular flexibility index (Phi) is 6.01. The summed E-state index contributed by atoms with van der Waals surface area (Å²) < 4.78 is 8.51. The van der Waals surface area contributed by atoms with E-state index in [1.54, 1.807) is 0 Å². The average molecular weight is 478 g/mol. The van der Waals surface area contributed by atoms with Gasteiger partial charge in [0.1, 0.15) is 5.75 Å². The van der Waals surface area contributed by atoms with Gasteiger partial charge in [-0.3, -0.25) is 0 Å². The first-order valence-electron chi connectivity index (χ1n) is 12.2. The summed E-state index contributed by atoms with van der Waals surface area (Å²) in [4.78, 5) is 0. The van der Waals surface area contributed by atoms with Crippen LogP contribution in [0.25, 0.3) is 32.6 Å². The Bertz CT molecular complexity index is 1580. The van der Waals surface area contributed by atoms with Crippen LogP contribution in [0.1, 0.15) is 24.5 Å². The fourth-order valence-electron chi connectivity index (χ4n) is 4.75. The molecule has 6 rings (SSSR count). The Hall–Kier alpha value is -3.57. The molecule has 0 saturated carbocycles. The van der Waals surface area contributed by atoms with E-state index >= 15 is 0 Å². The lowest BCUT2D eigenvalue weighted by Crippen LogP contribution is -2.03. The molecule has 5 heteroatoms. The van der Waals surface area contributed by atoms with E-state index in [1.165, 1.54) is 32.9 Å². The number of aromatic nitrogens is 1. The quantitative estimate of drug-likeness (QED) is 0.134. The molecule has 1 aliphatic heterocycles. The van der Waals surface area contributed by atoms with E-state index in [0.29, 0.717) is 0 Å². The number of fused-ring (bicyclic) bond motifs is 4. The zero-order chi connectivity index (χ0) is 23.6. The van der Waals surface area contributed by atoms with Crippen molar-refractivity contribution >= 4 is 56.8 Å². The van der Waals surface area contributed by atoms with E-state index in [-0.39, 0.29) is 0 Å². The van der Waals surface area contributed by atoms with E-state index in [2.05, 4.69) is 94.5 Å². The standard InChI is InChI=1S/C30H27N3OS/c1-2-33-28-10-6-5-9-25(28)26-17-21(11-13-29(26)33)18-31-32-19-27-24-8-4-3-7-22(24)12-14-30(27)34-16-15-23-20-35-23/h3-14,17-19,23H,2,15-16,20H2,1H3/b31-18-,32-19-. The molecule has 0 aliphatic carbocycles. The molecule has 35 heavy (non-hydrogen) atoms. The van der Waals surface area contributed by atoms with Gasteiger partial charge in [-0.25, -0.2) is 0 Å². The maximum Gasteiger partial charge on any atom is 0.128 e. The van der Waals surface area contributed by atoms with Crippen LogP contribution in [-0.2, 0) is 6.54 Å². The molecule has 1 fully saturated rings. The molecule has 2 heterocycles. The zero-order valence-corrected chi connectivity index (χ0v) is 20.5. The van der Waals surface area contributed by atoms with Gasteiger partial charge in [-0.15, -0.1) is 0 Å². The fraction of sp³-hybridized carbons (Fsp3) is 0.200. The Morgan fingerprint density at radius 1 is 0.886 bits per heavy atom. The number of hydrogen-bond acceptors (Lipinski definition) is 4. The molecule has 4 aromatic carbocycles. The molecule has 1 atom stereocenters. The highest BCUT2D eigenvalue weighted by molar-refractivity contribution is 8.06. The van der Waals surface area contributed by atoms with Gasteiger partial charge in [-0.2, -0.15) is 22.0 Å². The minimum atomic E-state index is 0.728. The lowest BCUT2D eigenvalue weighted by Gasteiger charge is -2.11. The van der Waals surface area contributed by atoms with Gasteiger partial charge >= 0.3 is 0 Å². The smallest absolute Gasteiger partial charge is 0.128 e. The zero-order valence-electron chi connectivity index (χ0n) is 19.7. The SMILES string of the molecule is CCn1c2ccccc2c2cc(/C=N\N=C/c3c(OCCC4CS4)ccc4ccccc34)ccc21. The van der Waals surface area contributed by atoms with Crippen LogP contribution in [0, 0.1) is 0 Å². The van der Waals surface area contributed by atoms with Crippen molar-refractivity contribution in [3.63, 3.8) is 0 Å². The van der Waals surface area contributed by atoms with Crippen molar-refractivity contribution in [1.29, 1.82) is 0 Å². The van der Waals surface area contributed by atoms with Crippen LogP contribution in [0.3, 0.4) is 0 Å². The Labute approximate surface area is 209 Å². The predicted octanol–water partition coefficient (Wildman–Crippen LogP) is 7.30. The normalized spacial score (nSPS) is 15.7. The van der Waals surface area contributed by atoms with Gasteiger partial charge in [0.15, 0.2) is 0 Å². The second-order valence-electron chi connectivity index (χ2n) is 8.82. The van der Waals surface area contributed by atoms with E-state index in [0.717, 1.165) is 47.1 Å². The summed E-state index contributed by atoms with van der Waals surface area (Å²) >= 11 is 2.00. The third-order valence-electron chi connectivity index (χ3n) is 6.60. The van der Waals surface area contributed by atoms with Crippen LogP contribution in [0.4, 0.5) is 0 Å². The maximum absolute atomic E-state index is 6.15. The van der Waals surface area contributed by atoms with Crippen molar-refractivity contribution in [2.45, 2.75) is 25.1 Å². The highest BCUT2D eigenvalue weighted by atomic mass is 32.2. The molecule has 174 valence electrons. The van der Waals surface area contributed by atoms with Crippen molar-refractivity contribution in [2.24, 2.45) is 10.2 Å². The summed E-state index contributed by atoms with van der Waals surface area (Å²) in [5, 5.41) is 14.4. The second-order valence-corrected chi connectivity index (χ2v) is 10.2. The van der Waals surface area contributed by atoms with Crippen molar-refractivity contribution in [3.8, 4) is 5.75 Å². The van der Waals surface area contributed by atoms with Gasteiger partial charge in [0.2, 0.25) is 0 Å². The molecule has 1 saturated heterocycles. The lowest BCUT2D eigenvalue weighted by molar-refractivity contribution is 0.314. The van der Waals surface area contributed by atoms with Crippen molar-refractivity contribution < 1.29 is 4.74 Å². The van der Waals surface area contributed by atoms with Crippen LogP contribution in [0.2, 0.25) is 0 Å². The Balaban J connectivity index is 1.29. The van der Waals surface area contributed by atoms with E-state index in [1.807, 2.05) is 30.3 Å². The number of para-hydroxylation sites is 1. The first-order chi connectivity index (χ1) is 17.3. The van der Waals surface area contributed by atoms with Crippen LogP contribution < -0.4 is 4.74 Å². The maximum atomic E-state index is 6.15. The molecular formula is C30H27N3OS. The van der Waals surface area contributed by atoms with E-state index < -0.39 is 0 Å². The minimum Gasteiger partial charge on any atom is -0.493 e. The summed E-state index contributed by atoms with van der Waals surface area (Å²) in [5.74, 6) is 2.12. The van der Waals surface area contributed by atoms with Gasteiger partial charge in [-0.1, -0.05) is 54.6 Å². The summed E-state index contributed by atoms with van der Waals surface area (Å²) in [6, 6.07) is 27.5. The largest absolute Gasteiger partial charge is 0.493 e. The van der Waals surface area contributed by atoms with Gasteiger partial charge in [0, 0.05) is 44.9 Å². The number of aryl methyl sites for hydroxylation is 1. The Morgan fingerprint density at radius 2 is 1.66 bits per heavy atom. The molecule has 0 bridgehead atoms. The van der Waals surface area contributed by atoms with Gasteiger partial charge in [0.05, 0.1) is 19.0 Å². The lowest BCUT2D eigenvalue weighted by atomic mass is 10.0. The number of benzene rings is 4. The van der Waals surface area contributed by atoms with E-state index in [9.17, 15) is 0 Å². The monoisotopic (exact) mass is 477 g/mol. The molecule has 0 spiro atoms. The molecule has 1 aliphatic rings. The second kappa shape index (κ2) is 9.59. The summed E-state index contributed by atoms with van der Waals surface area (Å²) in [6.07, 6.45) is 4.73. The number of rotatable bonds is 8. The van der Waals surface area contributed by atoms with Crippen molar-refractivity contribution in [3.05, 3.63) is 90.0 Å². The van der Waals surface area contributed by atoms with Crippen molar-refractivity contribution in [1.82, 2.24) is 4.57 Å². The van der Waals surface area contributed by atoms with Crippen LogP contribution in [0.5, 0.6) is 5.75 Å². The third kappa shape index (κ3) is 4.44.